The topological polar surface area (TPSA) is 0 Å². The molecule has 0 fully saturated rings. The minimum absolute atomic E-state index is 0. The molecule has 0 N–H and O–H groups in total. The molecule has 0 atom stereocenters. The largest absolute Gasteiger partial charge is 0.0654 e. The van der Waals surface area contributed by atoms with Gasteiger partial charge in [-0.25, -0.2) is 0 Å². The predicted molar refractivity (Wildman–Crippen MR) is 67.9 cm³/mol. The molecule has 1 heteroatoms. The van der Waals surface area contributed by atoms with E-state index in [2.05, 4.69) is 13.8 Å². The molecule has 0 amide bonds. The smallest absolute Gasteiger partial charge is 0 e. The molecule has 0 aromatic rings. The van der Waals surface area contributed by atoms with Crippen LogP contribution in [0.1, 0.15) is 84.5 Å². The van der Waals surface area contributed by atoms with E-state index in [0.29, 0.717) is 0 Å². The third-order valence-corrected chi connectivity index (χ3v) is 2.71. The van der Waals surface area contributed by atoms with Crippen molar-refractivity contribution in [2.75, 3.05) is 0 Å². The summed E-state index contributed by atoms with van der Waals surface area (Å²) in [4.78, 5) is 0. The molecule has 81 valence electrons. The fraction of sp³-hybridized carbons (Fsp3) is 1.00. The Kier molecular flexibility index (Phi) is 20.4. The van der Waals surface area contributed by atoms with Crippen molar-refractivity contribution in [2.24, 2.45) is 0 Å². The zero-order valence-electron chi connectivity index (χ0n) is 10.8. The van der Waals surface area contributed by atoms with E-state index in [0.717, 1.165) is 0 Å². The standard InChI is InChI=1S/C13H28.Na/c1-3-5-7-9-11-13-12-10-8-6-4-2;/h3-13H2,1-2H3;. The molecule has 0 aliphatic heterocycles. The molecule has 0 aliphatic carbocycles. The van der Waals surface area contributed by atoms with Gasteiger partial charge in [-0.05, 0) is 0 Å². The Labute approximate surface area is 114 Å². The monoisotopic (exact) mass is 207 g/mol. The minimum Gasteiger partial charge on any atom is -0.0654 e. The van der Waals surface area contributed by atoms with Crippen LogP contribution in [0.25, 0.3) is 0 Å². The van der Waals surface area contributed by atoms with Crippen LogP contribution in [0.15, 0.2) is 0 Å². The van der Waals surface area contributed by atoms with E-state index in [-0.39, 0.29) is 29.6 Å². The van der Waals surface area contributed by atoms with Crippen molar-refractivity contribution in [3.8, 4) is 0 Å². The Morgan fingerprint density at radius 2 is 0.643 bits per heavy atom. The van der Waals surface area contributed by atoms with Gasteiger partial charge in [0.15, 0.2) is 0 Å². The third-order valence-electron chi connectivity index (χ3n) is 2.71. The van der Waals surface area contributed by atoms with E-state index < -0.39 is 0 Å². The van der Waals surface area contributed by atoms with Crippen LogP contribution in [-0.4, -0.2) is 29.6 Å². The summed E-state index contributed by atoms with van der Waals surface area (Å²) >= 11 is 0. The Morgan fingerprint density at radius 3 is 0.857 bits per heavy atom. The van der Waals surface area contributed by atoms with Gasteiger partial charge in [0.05, 0.1) is 0 Å². The number of hydrogen-bond acceptors (Lipinski definition) is 0. The van der Waals surface area contributed by atoms with E-state index in [1.165, 1.54) is 70.6 Å². The van der Waals surface area contributed by atoms with Gasteiger partial charge in [-0.1, -0.05) is 84.5 Å². The molecular weight excluding hydrogens is 179 g/mol. The molecule has 0 rings (SSSR count). The maximum absolute atomic E-state index is 2.28. The molecule has 0 nitrogen and oxygen atoms in total. The second-order valence-corrected chi connectivity index (χ2v) is 4.18. The summed E-state index contributed by atoms with van der Waals surface area (Å²) in [6.07, 6.45) is 15.9. The molecule has 0 aromatic heterocycles. The molecule has 0 aliphatic rings. The number of unbranched alkanes of at least 4 members (excludes halogenated alkanes) is 10. The Balaban J connectivity index is 0. The van der Waals surface area contributed by atoms with Gasteiger partial charge in [-0.2, -0.15) is 0 Å². The summed E-state index contributed by atoms with van der Waals surface area (Å²) < 4.78 is 0. The first kappa shape index (κ1) is 17.4. The second-order valence-electron chi connectivity index (χ2n) is 4.18. The van der Waals surface area contributed by atoms with Gasteiger partial charge in [0.2, 0.25) is 0 Å². The van der Waals surface area contributed by atoms with Crippen LogP contribution in [0.2, 0.25) is 0 Å². The molecular formula is C13H28Na. The van der Waals surface area contributed by atoms with Crippen molar-refractivity contribution in [3.05, 3.63) is 0 Å². The van der Waals surface area contributed by atoms with Gasteiger partial charge in [-0.15, -0.1) is 0 Å². The number of rotatable bonds is 10. The summed E-state index contributed by atoms with van der Waals surface area (Å²) in [6.45, 7) is 4.56. The molecule has 0 unspecified atom stereocenters. The van der Waals surface area contributed by atoms with E-state index >= 15 is 0 Å². The molecule has 1 radical (unpaired) electrons. The molecule has 0 saturated heterocycles. The van der Waals surface area contributed by atoms with Crippen molar-refractivity contribution >= 4 is 29.6 Å². The molecule has 0 saturated carbocycles. The first-order chi connectivity index (χ1) is 6.41. The van der Waals surface area contributed by atoms with Crippen molar-refractivity contribution in [1.82, 2.24) is 0 Å². The normalized spacial score (nSPS) is 9.86. The van der Waals surface area contributed by atoms with Gasteiger partial charge in [-0.3, -0.25) is 0 Å². The van der Waals surface area contributed by atoms with E-state index in [4.69, 9.17) is 0 Å². The Hall–Kier alpha value is 1.00. The van der Waals surface area contributed by atoms with Crippen molar-refractivity contribution < 1.29 is 0 Å². The van der Waals surface area contributed by atoms with Crippen molar-refractivity contribution in [2.45, 2.75) is 84.5 Å². The zero-order chi connectivity index (χ0) is 9.78. The first-order valence-electron chi connectivity index (χ1n) is 6.41. The average Bonchev–Trinajstić information content (AvgIpc) is 2.16. The van der Waals surface area contributed by atoms with Crippen LogP contribution in [0.4, 0.5) is 0 Å². The van der Waals surface area contributed by atoms with Crippen LogP contribution in [0, 0.1) is 0 Å². The fourth-order valence-electron chi connectivity index (χ4n) is 1.74. The van der Waals surface area contributed by atoms with Crippen LogP contribution >= 0.6 is 0 Å². The van der Waals surface area contributed by atoms with Crippen LogP contribution in [0.5, 0.6) is 0 Å². The molecule has 0 aromatic carbocycles. The summed E-state index contributed by atoms with van der Waals surface area (Å²) in [6, 6.07) is 0. The van der Waals surface area contributed by atoms with Crippen molar-refractivity contribution in [1.29, 1.82) is 0 Å². The second kappa shape index (κ2) is 16.4. The van der Waals surface area contributed by atoms with Gasteiger partial charge in [0, 0.05) is 29.6 Å². The minimum atomic E-state index is 0. The maximum atomic E-state index is 2.28. The van der Waals surface area contributed by atoms with E-state index in [1.54, 1.807) is 0 Å². The van der Waals surface area contributed by atoms with Crippen LogP contribution in [-0.2, 0) is 0 Å². The quantitative estimate of drug-likeness (QED) is 0.352. The summed E-state index contributed by atoms with van der Waals surface area (Å²) in [5, 5.41) is 0. The summed E-state index contributed by atoms with van der Waals surface area (Å²) in [7, 11) is 0. The first-order valence-corrected chi connectivity index (χ1v) is 6.41. The average molecular weight is 207 g/mol. The fourth-order valence-corrected chi connectivity index (χ4v) is 1.74. The van der Waals surface area contributed by atoms with Gasteiger partial charge in [0.1, 0.15) is 0 Å². The molecule has 0 bridgehead atoms. The van der Waals surface area contributed by atoms with E-state index in [1.807, 2.05) is 0 Å². The van der Waals surface area contributed by atoms with Gasteiger partial charge < -0.3 is 0 Å². The van der Waals surface area contributed by atoms with Gasteiger partial charge >= 0.3 is 0 Å². The molecule has 0 spiro atoms. The van der Waals surface area contributed by atoms with Crippen LogP contribution < -0.4 is 0 Å². The summed E-state index contributed by atoms with van der Waals surface area (Å²) in [5.41, 5.74) is 0. The third kappa shape index (κ3) is 15.5. The van der Waals surface area contributed by atoms with Gasteiger partial charge in [0.25, 0.3) is 0 Å². The zero-order valence-corrected chi connectivity index (χ0v) is 12.8. The SMILES string of the molecule is CCCCCCCCCCCCC.[Na]. The predicted octanol–water partition coefficient (Wildman–Crippen LogP) is 4.94. The maximum Gasteiger partial charge on any atom is 0 e. The van der Waals surface area contributed by atoms with Crippen LogP contribution in [0.3, 0.4) is 0 Å². The molecule has 14 heavy (non-hydrogen) atoms. The van der Waals surface area contributed by atoms with Crippen molar-refractivity contribution in [3.63, 3.8) is 0 Å². The van der Waals surface area contributed by atoms with E-state index in [9.17, 15) is 0 Å². The molecule has 0 heterocycles. The Bertz CT molecular complexity index is 71.3. The summed E-state index contributed by atoms with van der Waals surface area (Å²) in [5.74, 6) is 0. The Morgan fingerprint density at radius 1 is 0.429 bits per heavy atom. The number of hydrogen-bond donors (Lipinski definition) is 0.